The van der Waals surface area contributed by atoms with Gasteiger partial charge in [-0.1, -0.05) is 43.7 Å². The fourth-order valence-corrected chi connectivity index (χ4v) is 2.05. The van der Waals surface area contributed by atoms with Crippen LogP contribution in [0.5, 0.6) is 0 Å². The number of benzene rings is 1. The topological polar surface area (TPSA) is 69.6 Å². The minimum Gasteiger partial charge on any atom is -0.480 e. The van der Waals surface area contributed by atoms with Crippen LogP contribution in [0.3, 0.4) is 0 Å². The van der Waals surface area contributed by atoms with Crippen molar-refractivity contribution in [3.63, 3.8) is 0 Å². The molecule has 1 aromatic rings. The van der Waals surface area contributed by atoms with Gasteiger partial charge in [0.15, 0.2) is 0 Å². The summed E-state index contributed by atoms with van der Waals surface area (Å²) in [6.45, 7) is 6.19. The number of amides is 2. The van der Waals surface area contributed by atoms with Crippen LogP contribution in [-0.2, 0) is 11.3 Å². The Hall–Kier alpha value is -2.04. The number of carbonyl (C=O) groups is 2. The third kappa shape index (κ3) is 5.45. The van der Waals surface area contributed by atoms with Crippen molar-refractivity contribution in [1.82, 2.24) is 10.2 Å². The summed E-state index contributed by atoms with van der Waals surface area (Å²) in [7, 11) is 0. The van der Waals surface area contributed by atoms with E-state index in [1.807, 2.05) is 51.1 Å². The second-order valence-corrected chi connectivity index (χ2v) is 5.34. The lowest BCUT2D eigenvalue weighted by molar-refractivity contribution is -0.139. The molecule has 1 unspecified atom stereocenters. The van der Waals surface area contributed by atoms with E-state index < -0.39 is 12.0 Å². The van der Waals surface area contributed by atoms with Gasteiger partial charge in [0.25, 0.3) is 0 Å². The Bertz CT molecular complexity index is 460. The fraction of sp³-hybridized carbons (Fsp3) is 0.500. The molecule has 21 heavy (non-hydrogen) atoms. The molecular formula is C16H24N2O3. The molecule has 2 N–H and O–H groups in total. The van der Waals surface area contributed by atoms with Crippen molar-refractivity contribution in [2.45, 2.75) is 52.2 Å². The lowest BCUT2D eigenvalue weighted by Gasteiger charge is -2.28. The zero-order valence-electron chi connectivity index (χ0n) is 12.9. The van der Waals surface area contributed by atoms with Crippen LogP contribution in [0.4, 0.5) is 4.79 Å². The van der Waals surface area contributed by atoms with Gasteiger partial charge in [0, 0.05) is 12.6 Å². The number of carbonyl (C=O) groups excluding carboxylic acids is 1. The van der Waals surface area contributed by atoms with Crippen LogP contribution in [0.2, 0.25) is 0 Å². The summed E-state index contributed by atoms with van der Waals surface area (Å²) in [5, 5.41) is 11.7. The van der Waals surface area contributed by atoms with Gasteiger partial charge in [0.2, 0.25) is 0 Å². The van der Waals surface area contributed by atoms with Crippen LogP contribution in [-0.4, -0.2) is 34.1 Å². The Balaban J connectivity index is 2.75. The summed E-state index contributed by atoms with van der Waals surface area (Å²) < 4.78 is 0. The van der Waals surface area contributed by atoms with E-state index >= 15 is 0 Å². The molecule has 0 bridgehead atoms. The zero-order valence-corrected chi connectivity index (χ0v) is 12.9. The summed E-state index contributed by atoms with van der Waals surface area (Å²) >= 11 is 0. The van der Waals surface area contributed by atoms with Crippen molar-refractivity contribution in [3.8, 4) is 0 Å². The molecule has 0 aliphatic heterocycles. The van der Waals surface area contributed by atoms with Crippen molar-refractivity contribution < 1.29 is 14.7 Å². The predicted molar refractivity (Wildman–Crippen MR) is 82.0 cm³/mol. The van der Waals surface area contributed by atoms with Crippen LogP contribution in [0, 0.1) is 0 Å². The molecule has 0 aromatic heterocycles. The number of carboxylic acids is 1. The van der Waals surface area contributed by atoms with E-state index in [1.165, 1.54) is 0 Å². The van der Waals surface area contributed by atoms with E-state index in [9.17, 15) is 9.59 Å². The molecule has 1 rings (SSSR count). The maximum atomic E-state index is 12.3. The van der Waals surface area contributed by atoms with E-state index in [2.05, 4.69) is 5.32 Å². The standard InChI is InChI=1S/C16H24N2O3/c1-4-8-14(15(19)20)17-16(21)18(12(2)3)11-13-9-6-5-7-10-13/h5-7,9-10,12,14H,4,8,11H2,1-3H3,(H,17,21)(H,19,20). The summed E-state index contributed by atoms with van der Waals surface area (Å²) in [5.41, 5.74) is 1.02. The summed E-state index contributed by atoms with van der Waals surface area (Å²) in [6.07, 6.45) is 1.13. The van der Waals surface area contributed by atoms with Crippen LogP contribution in [0.15, 0.2) is 30.3 Å². The van der Waals surface area contributed by atoms with Crippen molar-refractivity contribution in [3.05, 3.63) is 35.9 Å². The van der Waals surface area contributed by atoms with Crippen molar-refractivity contribution >= 4 is 12.0 Å². The average molecular weight is 292 g/mol. The minimum atomic E-state index is -0.992. The molecule has 0 heterocycles. The lowest BCUT2D eigenvalue weighted by Crippen LogP contribution is -2.49. The zero-order chi connectivity index (χ0) is 15.8. The first-order valence-corrected chi connectivity index (χ1v) is 7.29. The van der Waals surface area contributed by atoms with Gasteiger partial charge in [0.1, 0.15) is 6.04 Å². The normalized spacial score (nSPS) is 12.0. The van der Waals surface area contributed by atoms with Gasteiger partial charge in [-0.25, -0.2) is 9.59 Å². The van der Waals surface area contributed by atoms with Crippen LogP contribution in [0.25, 0.3) is 0 Å². The predicted octanol–water partition coefficient (Wildman–Crippen LogP) is 2.86. The third-order valence-electron chi connectivity index (χ3n) is 3.25. The Morgan fingerprint density at radius 2 is 1.86 bits per heavy atom. The Morgan fingerprint density at radius 1 is 1.24 bits per heavy atom. The van der Waals surface area contributed by atoms with Crippen LogP contribution >= 0.6 is 0 Å². The number of aliphatic carboxylic acids is 1. The van der Waals surface area contributed by atoms with Crippen molar-refractivity contribution in [1.29, 1.82) is 0 Å². The molecule has 1 aromatic carbocycles. The molecule has 0 saturated carbocycles. The number of hydrogen-bond acceptors (Lipinski definition) is 2. The van der Waals surface area contributed by atoms with E-state index in [0.717, 1.165) is 5.56 Å². The molecule has 0 aliphatic carbocycles. The summed E-state index contributed by atoms with van der Waals surface area (Å²) in [5.74, 6) is -0.992. The molecule has 0 fully saturated rings. The van der Waals surface area contributed by atoms with Gasteiger partial charge < -0.3 is 15.3 Å². The fourth-order valence-electron chi connectivity index (χ4n) is 2.05. The molecule has 5 nitrogen and oxygen atoms in total. The van der Waals surface area contributed by atoms with Gasteiger partial charge in [-0.2, -0.15) is 0 Å². The first-order chi connectivity index (χ1) is 9.95. The number of carboxylic acid groups (broad SMARTS) is 1. The molecule has 0 aliphatic rings. The number of nitrogens with zero attached hydrogens (tertiary/aromatic N) is 1. The third-order valence-corrected chi connectivity index (χ3v) is 3.25. The number of rotatable bonds is 7. The Morgan fingerprint density at radius 3 is 2.33 bits per heavy atom. The van der Waals surface area contributed by atoms with Crippen molar-refractivity contribution in [2.24, 2.45) is 0 Å². The second kappa shape index (κ2) is 8.29. The van der Waals surface area contributed by atoms with Crippen molar-refractivity contribution in [2.75, 3.05) is 0 Å². The molecule has 0 spiro atoms. The van der Waals surface area contributed by atoms with E-state index in [4.69, 9.17) is 5.11 Å². The van der Waals surface area contributed by atoms with E-state index in [1.54, 1.807) is 4.90 Å². The van der Waals surface area contributed by atoms with Gasteiger partial charge in [0.05, 0.1) is 0 Å². The molecule has 2 amide bonds. The highest BCUT2D eigenvalue weighted by atomic mass is 16.4. The highest BCUT2D eigenvalue weighted by molar-refractivity contribution is 5.82. The van der Waals surface area contributed by atoms with Gasteiger partial charge in [-0.3, -0.25) is 0 Å². The molecule has 5 heteroatoms. The van der Waals surface area contributed by atoms with Crippen LogP contribution in [0.1, 0.15) is 39.2 Å². The first-order valence-electron chi connectivity index (χ1n) is 7.29. The maximum absolute atomic E-state index is 12.3. The molecule has 0 saturated heterocycles. The SMILES string of the molecule is CCCC(NC(=O)N(Cc1ccccc1)C(C)C)C(=O)O. The number of urea groups is 1. The first kappa shape index (κ1) is 17.0. The smallest absolute Gasteiger partial charge is 0.326 e. The van der Waals surface area contributed by atoms with E-state index in [0.29, 0.717) is 19.4 Å². The minimum absolute atomic E-state index is 0.0127. The highest BCUT2D eigenvalue weighted by Gasteiger charge is 2.23. The van der Waals surface area contributed by atoms with Gasteiger partial charge in [-0.05, 0) is 25.8 Å². The number of hydrogen-bond donors (Lipinski definition) is 2. The maximum Gasteiger partial charge on any atom is 0.326 e. The monoisotopic (exact) mass is 292 g/mol. The Kier molecular flexibility index (Phi) is 6.72. The average Bonchev–Trinajstić information content (AvgIpc) is 2.44. The molecule has 1 atom stereocenters. The largest absolute Gasteiger partial charge is 0.480 e. The molecule has 0 radical (unpaired) electrons. The summed E-state index contributed by atoms with van der Waals surface area (Å²) in [4.78, 5) is 25.1. The summed E-state index contributed by atoms with van der Waals surface area (Å²) in [6, 6.07) is 8.47. The second-order valence-electron chi connectivity index (χ2n) is 5.34. The molecular weight excluding hydrogens is 268 g/mol. The van der Waals surface area contributed by atoms with Gasteiger partial charge >= 0.3 is 12.0 Å². The molecule has 116 valence electrons. The lowest BCUT2D eigenvalue weighted by atomic mass is 10.1. The number of nitrogens with one attached hydrogen (secondary N) is 1. The highest BCUT2D eigenvalue weighted by Crippen LogP contribution is 2.09. The Labute approximate surface area is 126 Å². The van der Waals surface area contributed by atoms with E-state index in [-0.39, 0.29) is 12.1 Å². The quantitative estimate of drug-likeness (QED) is 0.812. The van der Waals surface area contributed by atoms with Crippen LogP contribution < -0.4 is 5.32 Å². The van der Waals surface area contributed by atoms with Gasteiger partial charge in [-0.15, -0.1) is 0 Å².